The molecule has 0 bridgehead atoms. The molecule has 1 amide bonds. The van der Waals surface area contributed by atoms with Gasteiger partial charge in [0.1, 0.15) is 18.1 Å². The van der Waals surface area contributed by atoms with Crippen molar-refractivity contribution in [2.45, 2.75) is 13.5 Å². The first-order valence-corrected chi connectivity index (χ1v) is 10.9. The third-order valence-corrected chi connectivity index (χ3v) is 5.64. The Morgan fingerprint density at radius 3 is 2.50 bits per heavy atom. The largest absolute Gasteiger partial charge is 0.487 e. The van der Waals surface area contributed by atoms with Gasteiger partial charge in [-0.1, -0.05) is 11.6 Å². The van der Waals surface area contributed by atoms with E-state index in [1.165, 1.54) is 0 Å². The maximum Gasteiger partial charge on any atom is 0.250 e. The standard InChI is InChI=1S/C27H23N5O2/c1-17-3-8-24-20(13-17)14-22(27(28)33)25(30-24)16-34-21-6-4-19(5-7-21)26-23(15-32(2)31-26)18-9-11-29-12-10-18/h3-15H,16H2,1-2H3,(H2,28,33). The highest BCUT2D eigenvalue weighted by Gasteiger charge is 2.14. The molecule has 34 heavy (non-hydrogen) atoms. The lowest BCUT2D eigenvalue weighted by Gasteiger charge is -2.11. The van der Waals surface area contributed by atoms with E-state index < -0.39 is 5.91 Å². The van der Waals surface area contributed by atoms with E-state index in [2.05, 4.69) is 15.1 Å². The molecule has 0 unspecified atom stereocenters. The highest BCUT2D eigenvalue weighted by Crippen LogP contribution is 2.31. The first-order valence-electron chi connectivity index (χ1n) is 10.9. The lowest BCUT2D eigenvalue weighted by Crippen LogP contribution is -2.16. The van der Waals surface area contributed by atoms with Crippen molar-refractivity contribution in [3.05, 3.63) is 96.1 Å². The molecule has 0 atom stereocenters. The number of carbonyl (C=O) groups is 1. The number of hydrogen-bond acceptors (Lipinski definition) is 5. The number of rotatable bonds is 6. The van der Waals surface area contributed by atoms with E-state index >= 15 is 0 Å². The van der Waals surface area contributed by atoms with E-state index in [4.69, 9.17) is 10.5 Å². The summed E-state index contributed by atoms with van der Waals surface area (Å²) in [5.41, 5.74) is 12.3. The van der Waals surface area contributed by atoms with Crippen LogP contribution in [0.2, 0.25) is 0 Å². The second-order valence-corrected chi connectivity index (χ2v) is 8.16. The number of fused-ring (bicyclic) bond motifs is 1. The molecule has 7 heteroatoms. The molecule has 0 radical (unpaired) electrons. The fraction of sp³-hybridized carbons (Fsp3) is 0.111. The maximum absolute atomic E-state index is 12.0. The summed E-state index contributed by atoms with van der Waals surface area (Å²) < 4.78 is 7.76. The van der Waals surface area contributed by atoms with Crippen LogP contribution in [0.3, 0.4) is 0 Å². The maximum atomic E-state index is 12.0. The van der Waals surface area contributed by atoms with E-state index in [-0.39, 0.29) is 6.61 Å². The smallest absolute Gasteiger partial charge is 0.250 e. The van der Waals surface area contributed by atoms with Crippen molar-refractivity contribution < 1.29 is 9.53 Å². The second-order valence-electron chi connectivity index (χ2n) is 8.16. The topological polar surface area (TPSA) is 95.9 Å². The lowest BCUT2D eigenvalue weighted by atomic mass is 10.0. The van der Waals surface area contributed by atoms with E-state index in [1.54, 1.807) is 23.1 Å². The summed E-state index contributed by atoms with van der Waals surface area (Å²) in [4.78, 5) is 20.7. The molecule has 168 valence electrons. The van der Waals surface area contributed by atoms with Gasteiger partial charge in [0.2, 0.25) is 0 Å². The Bertz CT molecular complexity index is 1490. The number of primary amides is 1. The average Bonchev–Trinajstić information content (AvgIpc) is 3.24. The predicted octanol–water partition coefficient (Wildman–Crippen LogP) is 4.68. The molecule has 5 rings (SSSR count). The number of nitrogens with zero attached hydrogens (tertiary/aromatic N) is 4. The minimum atomic E-state index is -0.524. The van der Waals surface area contributed by atoms with E-state index in [9.17, 15) is 4.79 Å². The molecule has 0 aliphatic carbocycles. The van der Waals surface area contributed by atoms with Gasteiger partial charge in [-0.2, -0.15) is 5.10 Å². The van der Waals surface area contributed by atoms with E-state index in [1.807, 2.05) is 74.8 Å². The van der Waals surface area contributed by atoms with Gasteiger partial charge in [0, 0.05) is 42.2 Å². The molecule has 7 nitrogen and oxygen atoms in total. The number of benzene rings is 2. The van der Waals surface area contributed by atoms with E-state index in [0.29, 0.717) is 17.0 Å². The second kappa shape index (κ2) is 8.78. The van der Waals surface area contributed by atoms with Crippen LogP contribution in [-0.4, -0.2) is 25.7 Å². The average molecular weight is 450 g/mol. The number of ether oxygens (including phenoxy) is 1. The summed E-state index contributed by atoms with van der Waals surface area (Å²) >= 11 is 0. The Labute approximate surface area is 196 Å². The minimum absolute atomic E-state index is 0.132. The van der Waals surface area contributed by atoms with Gasteiger partial charge in [-0.15, -0.1) is 0 Å². The molecule has 0 aliphatic heterocycles. The summed E-state index contributed by atoms with van der Waals surface area (Å²) in [5, 5.41) is 5.52. The Morgan fingerprint density at radius 2 is 1.76 bits per heavy atom. The van der Waals surface area contributed by atoms with Crippen LogP contribution in [0, 0.1) is 6.92 Å². The summed E-state index contributed by atoms with van der Waals surface area (Å²) in [6.45, 7) is 2.13. The first-order chi connectivity index (χ1) is 16.5. The Balaban J connectivity index is 1.39. The number of nitrogens with two attached hydrogens (primary N) is 1. The van der Waals surface area contributed by atoms with Crippen molar-refractivity contribution in [2.24, 2.45) is 12.8 Å². The van der Waals surface area contributed by atoms with Gasteiger partial charge in [0.15, 0.2) is 0 Å². The third kappa shape index (κ3) is 4.23. The molecule has 0 saturated heterocycles. The zero-order valence-electron chi connectivity index (χ0n) is 18.9. The molecular formula is C27H23N5O2. The summed E-state index contributed by atoms with van der Waals surface area (Å²) in [5.74, 6) is 0.134. The zero-order valence-corrected chi connectivity index (χ0v) is 18.9. The van der Waals surface area contributed by atoms with Crippen LogP contribution in [0.25, 0.3) is 33.3 Å². The van der Waals surface area contributed by atoms with Crippen LogP contribution in [0.15, 0.2) is 79.3 Å². The van der Waals surface area contributed by atoms with Crippen molar-refractivity contribution in [1.82, 2.24) is 19.7 Å². The number of amides is 1. The van der Waals surface area contributed by atoms with Crippen molar-refractivity contribution in [2.75, 3.05) is 0 Å². The van der Waals surface area contributed by atoms with Crippen molar-refractivity contribution in [3.8, 4) is 28.1 Å². The van der Waals surface area contributed by atoms with Crippen LogP contribution in [0.4, 0.5) is 0 Å². The van der Waals surface area contributed by atoms with Gasteiger partial charge < -0.3 is 10.5 Å². The fourth-order valence-corrected chi connectivity index (χ4v) is 3.96. The molecule has 0 saturated carbocycles. The van der Waals surface area contributed by atoms with Gasteiger partial charge in [0.05, 0.1) is 16.8 Å². The van der Waals surface area contributed by atoms with Crippen LogP contribution in [0.5, 0.6) is 5.75 Å². The monoisotopic (exact) mass is 449 g/mol. The molecule has 0 fully saturated rings. The normalized spacial score (nSPS) is 11.0. The van der Waals surface area contributed by atoms with Gasteiger partial charge >= 0.3 is 0 Å². The van der Waals surface area contributed by atoms with Gasteiger partial charge in [-0.3, -0.25) is 14.5 Å². The molecule has 0 aliphatic rings. The summed E-state index contributed by atoms with van der Waals surface area (Å²) in [6.07, 6.45) is 5.53. The number of hydrogen-bond donors (Lipinski definition) is 1. The quantitative estimate of drug-likeness (QED) is 0.406. The SMILES string of the molecule is Cc1ccc2nc(COc3ccc(-c4nn(C)cc4-c4ccncc4)cc3)c(C(N)=O)cc2c1. The highest BCUT2D eigenvalue weighted by atomic mass is 16.5. The summed E-state index contributed by atoms with van der Waals surface area (Å²) in [7, 11) is 1.90. The molecule has 3 heterocycles. The molecule has 2 N–H and O–H groups in total. The molecule has 5 aromatic rings. The highest BCUT2D eigenvalue weighted by molar-refractivity contribution is 5.97. The van der Waals surface area contributed by atoms with Gasteiger partial charge in [-0.05, 0) is 67.1 Å². The Hall–Kier alpha value is -4.52. The minimum Gasteiger partial charge on any atom is -0.487 e. The van der Waals surface area contributed by atoms with Gasteiger partial charge in [-0.25, -0.2) is 4.98 Å². The molecule has 0 spiro atoms. The Kier molecular flexibility index (Phi) is 5.51. The third-order valence-electron chi connectivity index (χ3n) is 5.64. The van der Waals surface area contributed by atoms with Crippen LogP contribution >= 0.6 is 0 Å². The lowest BCUT2D eigenvalue weighted by molar-refractivity contribution is 0.0997. The van der Waals surface area contributed by atoms with E-state index in [0.717, 1.165) is 38.9 Å². The van der Waals surface area contributed by atoms with Crippen LogP contribution in [0.1, 0.15) is 21.6 Å². The number of carbonyl (C=O) groups excluding carboxylic acids is 1. The van der Waals surface area contributed by atoms with Crippen LogP contribution < -0.4 is 10.5 Å². The zero-order chi connectivity index (χ0) is 23.7. The van der Waals surface area contributed by atoms with Crippen molar-refractivity contribution in [3.63, 3.8) is 0 Å². The molecule has 2 aromatic carbocycles. The first kappa shape index (κ1) is 21.3. The predicted molar refractivity (Wildman–Crippen MR) is 131 cm³/mol. The number of aryl methyl sites for hydroxylation is 2. The van der Waals surface area contributed by atoms with Crippen molar-refractivity contribution >= 4 is 16.8 Å². The molecular weight excluding hydrogens is 426 g/mol. The van der Waals surface area contributed by atoms with Crippen molar-refractivity contribution in [1.29, 1.82) is 0 Å². The number of pyridine rings is 2. The summed E-state index contributed by atoms with van der Waals surface area (Å²) in [6, 6.07) is 19.3. The number of aromatic nitrogens is 4. The molecule has 3 aromatic heterocycles. The Morgan fingerprint density at radius 1 is 1.00 bits per heavy atom. The van der Waals surface area contributed by atoms with Gasteiger partial charge in [0.25, 0.3) is 5.91 Å². The van der Waals surface area contributed by atoms with Crippen LogP contribution in [-0.2, 0) is 13.7 Å². The fourth-order valence-electron chi connectivity index (χ4n) is 3.96.